The maximum absolute atomic E-state index is 12.5. The Morgan fingerprint density at radius 3 is 2.32 bits per heavy atom. The minimum atomic E-state index is -1.20. The molecule has 3 amide bonds. The molecule has 31 heavy (non-hydrogen) atoms. The van der Waals surface area contributed by atoms with Gasteiger partial charge in [-0.1, -0.05) is 0 Å². The summed E-state index contributed by atoms with van der Waals surface area (Å²) in [6.45, 7) is 4.12. The van der Waals surface area contributed by atoms with E-state index in [0.717, 1.165) is 38.8 Å². The molecule has 2 unspecified atom stereocenters. The number of amides is 3. The van der Waals surface area contributed by atoms with Gasteiger partial charge in [0.1, 0.15) is 6.04 Å². The van der Waals surface area contributed by atoms with Gasteiger partial charge in [-0.25, -0.2) is 4.79 Å². The molecule has 182 valence electrons. The van der Waals surface area contributed by atoms with Crippen molar-refractivity contribution in [3.8, 4) is 0 Å². The largest absolute Gasteiger partial charge is 0.480 e. The summed E-state index contributed by atoms with van der Waals surface area (Å²) in [4.78, 5) is 48.9. The molecule has 0 aliphatic carbocycles. The van der Waals surface area contributed by atoms with E-state index in [1.54, 1.807) is 4.90 Å². The van der Waals surface area contributed by atoms with Crippen LogP contribution >= 0.6 is 0 Å². The van der Waals surface area contributed by atoms with Crippen molar-refractivity contribution >= 4 is 23.7 Å². The zero-order chi connectivity index (χ0) is 20.5. The van der Waals surface area contributed by atoms with Crippen LogP contribution in [0.3, 0.4) is 0 Å². The van der Waals surface area contributed by atoms with Crippen molar-refractivity contribution in [1.82, 2.24) is 20.9 Å². The van der Waals surface area contributed by atoms with Gasteiger partial charge in [0, 0.05) is 33.0 Å². The summed E-state index contributed by atoms with van der Waals surface area (Å²) in [5.74, 6) is -1.59. The summed E-state index contributed by atoms with van der Waals surface area (Å²) in [5, 5.41) is 17.3. The van der Waals surface area contributed by atoms with Gasteiger partial charge in [0.25, 0.3) is 0 Å². The first-order valence-electron chi connectivity index (χ1n) is 10.1. The fourth-order valence-corrected chi connectivity index (χ4v) is 3.87. The van der Waals surface area contributed by atoms with Crippen molar-refractivity contribution in [1.29, 1.82) is 0 Å². The number of piperidine rings is 2. The van der Waals surface area contributed by atoms with Crippen LogP contribution in [-0.2, 0) is 19.2 Å². The SMILES string of the molecule is CC(=O)NC(CNC(=O)C1CCCN(C(=O)CCC2CCNCC2)C1)C(=O)O.O.O.O. The lowest BCUT2D eigenvalue weighted by Crippen LogP contribution is -2.51. The van der Waals surface area contributed by atoms with Gasteiger partial charge in [0.2, 0.25) is 17.7 Å². The Hall–Kier alpha value is -2.28. The van der Waals surface area contributed by atoms with Gasteiger partial charge in [-0.3, -0.25) is 14.4 Å². The molecule has 2 rings (SSSR count). The average molecular weight is 451 g/mol. The van der Waals surface area contributed by atoms with Gasteiger partial charge in [-0.05, 0) is 51.1 Å². The number of rotatable bonds is 8. The number of carboxylic acids is 1. The molecule has 0 bridgehead atoms. The number of hydrogen-bond acceptors (Lipinski definition) is 5. The highest BCUT2D eigenvalue weighted by molar-refractivity contribution is 5.84. The number of hydrogen-bond donors (Lipinski definition) is 4. The second kappa shape index (κ2) is 15.5. The van der Waals surface area contributed by atoms with E-state index in [0.29, 0.717) is 31.8 Å². The van der Waals surface area contributed by atoms with Gasteiger partial charge in [0.05, 0.1) is 5.92 Å². The van der Waals surface area contributed by atoms with E-state index in [9.17, 15) is 19.2 Å². The lowest BCUT2D eigenvalue weighted by atomic mass is 9.92. The molecule has 12 heteroatoms. The quantitative estimate of drug-likeness (QED) is 0.306. The van der Waals surface area contributed by atoms with Gasteiger partial charge >= 0.3 is 5.97 Å². The summed E-state index contributed by atoms with van der Waals surface area (Å²) >= 11 is 0. The number of aliphatic carboxylic acids is 1. The Morgan fingerprint density at radius 1 is 1.10 bits per heavy atom. The standard InChI is InChI=1S/C19H32N4O5.3H2O/c1-13(24)22-16(19(27)28)11-21-18(26)15-3-2-10-23(12-15)17(25)5-4-14-6-8-20-9-7-14;;;/h14-16,20H,2-12H2,1H3,(H,21,26)(H,22,24)(H,27,28);3*1H2. The van der Waals surface area contributed by atoms with Crippen molar-refractivity contribution < 1.29 is 40.7 Å². The molecule has 2 atom stereocenters. The topological polar surface area (TPSA) is 222 Å². The third-order valence-electron chi connectivity index (χ3n) is 5.53. The lowest BCUT2D eigenvalue weighted by molar-refractivity contribution is -0.141. The first-order valence-corrected chi connectivity index (χ1v) is 10.1. The van der Waals surface area contributed by atoms with E-state index >= 15 is 0 Å². The predicted octanol–water partition coefficient (Wildman–Crippen LogP) is -2.76. The Balaban J connectivity index is 0. The number of likely N-dealkylation sites (tertiary alicyclic amines) is 1. The van der Waals surface area contributed by atoms with Gasteiger partial charge in [-0.2, -0.15) is 0 Å². The van der Waals surface area contributed by atoms with Gasteiger partial charge in [0.15, 0.2) is 0 Å². The molecule has 2 fully saturated rings. The molecule has 10 N–H and O–H groups in total. The molecule has 0 saturated carbocycles. The minimum Gasteiger partial charge on any atom is -0.480 e. The zero-order valence-electron chi connectivity index (χ0n) is 18.0. The highest BCUT2D eigenvalue weighted by Crippen LogP contribution is 2.21. The molecular weight excluding hydrogens is 412 g/mol. The smallest absolute Gasteiger partial charge is 0.328 e. The highest BCUT2D eigenvalue weighted by Gasteiger charge is 2.29. The maximum Gasteiger partial charge on any atom is 0.328 e. The monoisotopic (exact) mass is 450 g/mol. The van der Waals surface area contributed by atoms with Crippen molar-refractivity contribution in [2.24, 2.45) is 11.8 Å². The third kappa shape index (κ3) is 10.5. The first kappa shape index (κ1) is 30.9. The number of carboxylic acid groups (broad SMARTS) is 1. The molecular formula is C19H38N4O8. The van der Waals surface area contributed by atoms with Crippen LogP contribution in [-0.4, -0.2) is 88.9 Å². The molecule has 2 heterocycles. The first-order chi connectivity index (χ1) is 13.4. The molecule has 12 nitrogen and oxygen atoms in total. The third-order valence-corrected chi connectivity index (χ3v) is 5.53. The van der Waals surface area contributed by atoms with Crippen LogP contribution in [0, 0.1) is 11.8 Å². The molecule has 0 spiro atoms. The fourth-order valence-electron chi connectivity index (χ4n) is 3.87. The van der Waals surface area contributed by atoms with Crippen LogP contribution in [0.15, 0.2) is 0 Å². The van der Waals surface area contributed by atoms with Crippen LogP contribution in [0.1, 0.15) is 45.4 Å². The summed E-state index contributed by atoms with van der Waals surface area (Å²) in [7, 11) is 0. The number of carbonyl (C=O) groups excluding carboxylic acids is 3. The van der Waals surface area contributed by atoms with Crippen LogP contribution in [0.5, 0.6) is 0 Å². The van der Waals surface area contributed by atoms with Crippen LogP contribution in [0.25, 0.3) is 0 Å². The molecule has 0 aromatic rings. The Kier molecular flexibility index (Phi) is 15.5. The van der Waals surface area contributed by atoms with E-state index in [4.69, 9.17) is 5.11 Å². The van der Waals surface area contributed by atoms with E-state index in [2.05, 4.69) is 16.0 Å². The molecule has 0 aromatic heterocycles. The Labute approximate surface area is 182 Å². The van der Waals surface area contributed by atoms with E-state index in [1.165, 1.54) is 6.92 Å². The summed E-state index contributed by atoms with van der Waals surface area (Å²) in [6, 6.07) is -1.16. The highest BCUT2D eigenvalue weighted by atomic mass is 16.4. The maximum atomic E-state index is 12.5. The molecule has 2 aliphatic rings. The van der Waals surface area contributed by atoms with Crippen molar-refractivity contribution in [3.05, 3.63) is 0 Å². The van der Waals surface area contributed by atoms with Crippen LogP contribution in [0.2, 0.25) is 0 Å². The Morgan fingerprint density at radius 2 is 1.74 bits per heavy atom. The summed E-state index contributed by atoms with van der Waals surface area (Å²) < 4.78 is 0. The predicted molar refractivity (Wildman–Crippen MR) is 113 cm³/mol. The number of nitrogens with one attached hydrogen (secondary N) is 3. The Bertz CT molecular complexity index is 583. The zero-order valence-corrected chi connectivity index (χ0v) is 18.0. The second-order valence-corrected chi connectivity index (χ2v) is 7.75. The number of carbonyl (C=O) groups is 4. The minimum absolute atomic E-state index is 0. The van der Waals surface area contributed by atoms with Gasteiger partial charge < -0.3 is 42.4 Å². The normalized spacial score (nSPS) is 19.5. The van der Waals surface area contributed by atoms with E-state index < -0.39 is 17.9 Å². The molecule has 0 radical (unpaired) electrons. The van der Waals surface area contributed by atoms with E-state index in [-0.39, 0.29) is 40.7 Å². The molecule has 2 aliphatic heterocycles. The lowest BCUT2D eigenvalue weighted by Gasteiger charge is -2.33. The van der Waals surface area contributed by atoms with Crippen molar-refractivity contribution in [2.75, 3.05) is 32.7 Å². The summed E-state index contributed by atoms with van der Waals surface area (Å²) in [5.41, 5.74) is 0. The van der Waals surface area contributed by atoms with Crippen molar-refractivity contribution in [2.45, 2.75) is 51.5 Å². The van der Waals surface area contributed by atoms with Crippen LogP contribution in [0.4, 0.5) is 0 Å². The fraction of sp³-hybridized carbons (Fsp3) is 0.789. The average Bonchev–Trinajstić information content (AvgIpc) is 2.69. The van der Waals surface area contributed by atoms with Crippen LogP contribution < -0.4 is 16.0 Å². The summed E-state index contributed by atoms with van der Waals surface area (Å²) in [6.07, 6.45) is 5.05. The molecule has 0 aromatic carbocycles. The van der Waals surface area contributed by atoms with E-state index in [1.807, 2.05) is 0 Å². The van der Waals surface area contributed by atoms with Crippen molar-refractivity contribution in [3.63, 3.8) is 0 Å². The van der Waals surface area contributed by atoms with Gasteiger partial charge in [-0.15, -0.1) is 0 Å². The molecule has 2 saturated heterocycles. The second-order valence-electron chi connectivity index (χ2n) is 7.75. The number of nitrogens with zero attached hydrogens (tertiary/aromatic N) is 1.